The van der Waals surface area contributed by atoms with Crippen molar-refractivity contribution in [2.45, 2.75) is 19.3 Å². The fourth-order valence-electron chi connectivity index (χ4n) is 2.26. The van der Waals surface area contributed by atoms with Crippen molar-refractivity contribution >= 4 is 22.9 Å². The highest BCUT2D eigenvalue weighted by Crippen LogP contribution is 2.31. The van der Waals surface area contributed by atoms with Crippen LogP contribution in [0.4, 0.5) is 13.2 Å². The lowest BCUT2D eigenvalue weighted by molar-refractivity contribution is -0.137. The number of nitrogens with zero attached hydrogens (tertiary/aromatic N) is 2. The fourth-order valence-corrected chi connectivity index (χ4v) is 3.45. The fraction of sp³-hybridized carbons (Fsp3) is 0.176. The molecule has 0 atom stereocenters. The SMILES string of the molecule is FC(F)(F)c1cccc(CNCc2ncc(-c3cccnc3Cl)s2)c1. The first-order chi connectivity index (χ1) is 11.9. The topological polar surface area (TPSA) is 37.8 Å². The van der Waals surface area contributed by atoms with Gasteiger partial charge in [-0.3, -0.25) is 0 Å². The molecule has 0 saturated carbocycles. The molecule has 3 rings (SSSR count). The summed E-state index contributed by atoms with van der Waals surface area (Å²) in [5, 5.41) is 4.34. The van der Waals surface area contributed by atoms with E-state index >= 15 is 0 Å². The van der Waals surface area contributed by atoms with Crippen LogP contribution >= 0.6 is 22.9 Å². The number of nitrogens with one attached hydrogen (secondary N) is 1. The van der Waals surface area contributed by atoms with E-state index in [2.05, 4.69) is 15.3 Å². The van der Waals surface area contributed by atoms with Gasteiger partial charge in [-0.2, -0.15) is 13.2 Å². The molecule has 3 nitrogen and oxygen atoms in total. The van der Waals surface area contributed by atoms with E-state index in [0.717, 1.165) is 27.6 Å². The molecule has 1 N–H and O–H groups in total. The first kappa shape index (κ1) is 17.8. The van der Waals surface area contributed by atoms with Gasteiger partial charge >= 0.3 is 6.18 Å². The standard InChI is InChI=1S/C17H13ClF3N3S/c18-16-13(5-2-6-23-16)14-9-24-15(25-14)10-22-8-11-3-1-4-12(7-11)17(19,20)21/h1-7,9,22H,8,10H2. The zero-order valence-electron chi connectivity index (χ0n) is 12.8. The Bertz CT molecular complexity index is 864. The van der Waals surface area contributed by atoms with Gasteiger partial charge in [0.25, 0.3) is 0 Å². The van der Waals surface area contributed by atoms with Gasteiger partial charge in [-0.1, -0.05) is 29.8 Å². The summed E-state index contributed by atoms with van der Waals surface area (Å²) in [5.74, 6) is 0. The highest BCUT2D eigenvalue weighted by atomic mass is 35.5. The minimum atomic E-state index is -4.33. The van der Waals surface area contributed by atoms with E-state index in [9.17, 15) is 13.2 Å². The third-order valence-electron chi connectivity index (χ3n) is 3.44. The second-order valence-corrected chi connectivity index (χ2v) is 6.73. The van der Waals surface area contributed by atoms with Crippen LogP contribution in [-0.2, 0) is 19.3 Å². The summed E-state index contributed by atoms with van der Waals surface area (Å²) in [7, 11) is 0. The third-order valence-corrected chi connectivity index (χ3v) is 4.77. The molecule has 0 bridgehead atoms. The first-order valence-corrected chi connectivity index (χ1v) is 8.55. The predicted molar refractivity (Wildman–Crippen MR) is 92.3 cm³/mol. The summed E-state index contributed by atoms with van der Waals surface area (Å²) in [6.07, 6.45) is -0.998. The molecule has 3 aromatic rings. The molecule has 25 heavy (non-hydrogen) atoms. The minimum absolute atomic E-state index is 0.326. The van der Waals surface area contributed by atoms with Crippen molar-refractivity contribution in [2.24, 2.45) is 0 Å². The van der Waals surface area contributed by atoms with E-state index in [4.69, 9.17) is 11.6 Å². The number of aromatic nitrogens is 2. The average Bonchev–Trinajstić information content (AvgIpc) is 3.03. The Labute approximate surface area is 151 Å². The quantitative estimate of drug-likeness (QED) is 0.618. The highest BCUT2D eigenvalue weighted by molar-refractivity contribution is 7.15. The van der Waals surface area contributed by atoms with E-state index in [1.807, 2.05) is 6.07 Å². The number of thiazole rings is 1. The molecule has 0 aliphatic carbocycles. The molecule has 0 saturated heterocycles. The van der Waals surface area contributed by atoms with E-state index in [0.29, 0.717) is 23.8 Å². The maximum absolute atomic E-state index is 12.7. The number of halogens is 4. The molecule has 2 heterocycles. The van der Waals surface area contributed by atoms with Crippen molar-refractivity contribution in [3.8, 4) is 10.4 Å². The smallest absolute Gasteiger partial charge is 0.306 e. The van der Waals surface area contributed by atoms with Crippen molar-refractivity contribution in [1.29, 1.82) is 0 Å². The van der Waals surface area contributed by atoms with Crippen molar-refractivity contribution in [1.82, 2.24) is 15.3 Å². The zero-order valence-corrected chi connectivity index (χ0v) is 14.4. The van der Waals surface area contributed by atoms with Crippen molar-refractivity contribution < 1.29 is 13.2 Å². The minimum Gasteiger partial charge on any atom is -0.306 e. The summed E-state index contributed by atoms with van der Waals surface area (Å²) in [5.41, 5.74) is 0.738. The van der Waals surface area contributed by atoms with Gasteiger partial charge in [0.1, 0.15) is 10.2 Å². The molecule has 0 aliphatic rings. The van der Waals surface area contributed by atoms with Gasteiger partial charge in [0.15, 0.2) is 0 Å². The molecule has 1 aromatic carbocycles. The Kier molecular flexibility index (Phi) is 5.36. The Hall–Kier alpha value is -1.96. The first-order valence-electron chi connectivity index (χ1n) is 7.36. The molecule has 2 aromatic heterocycles. The average molecular weight is 384 g/mol. The van der Waals surface area contributed by atoms with Gasteiger partial charge in [-0.15, -0.1) is 11.3 Å². The van der Waals surface area contributed by atoms with Crippen LogP contribution in [0.1, 0.15) is 16.1 Å². The monoisotopic (exact) mass is 383 g/mol. The Morgan fingerprint density at radius 1 is 1.08 bits per heavy atom. The number of pyridine rings is 1. The van der Waals surface area contributed by atoms with Gasteiger partial charge in [0, 0.05) is 31.0 Å². The largest absolute Gasteiger partial charge is 0.416 e. The van der Waals surface area contributed by atoms with E-state index in [-0.39, 0.29) is 0 Å². The predicted octanol–water partition coefficient (Wildman–Crippen LogP) is 5.17. The van der Waals surface area contributed by atoms with Crippen LogP contribution < -0.4 is 5.32 Å². The lowest BCUT2D eigenvalue weighted by Gasteiger charge is -2.09. The van der Waals surface area contributed by atoms with Gasteiger partial charge in [0.2, 0.25) is 0 Å². The van der Waals surface area contributed by atoms with Crippen molar-refractivity contribution in [3.63, 3.8) is 0 Å². The molecule has 0 spiro atoms. The summed E-state index contributed by atoms with van der Waals surface area (Å²) < 4.78 is 38.1. The lowest BCUT2D eigenvalue weighted by Crippen LogP contribution is -2.13. The van der Waals surface area contributed by atoms with E-state index in [1.54, 1.807) is 24.5 Å². The molecule has 0 amide bonds. The third kappa shape index (κ3) is 4.56. The van der Waals surface area contributed by atoms with Gasteiger partial charge < -0.3 is 5.32 Å². The molecule has 0 aliphatic heterocycles. The number of hydrogen-bond acceptors (Lipinski definition) is 4. The Morgan fingerprint density at radius 2 is 1.92 bits per heavy atom. The number of rotatable bonds is 5. The normalized spacial score (nSPS) is 11.7. The second-order valence-electron chi connectivity index (χ2n) is 5.26. The molecule has 0 unspecified atom stereocenters. The van der Waals surface area contributed by atoms with Crippen LogP contribution in [0, 0.1) is 0 Å². The molecule has 130 valence electrons. The number of hydrogen-bond donors (Lipinski definition) is 1. The van der Waals surface area contributed by atoms with E-state index < -0.39 is 11.7 Å². The number of benzene rings is 1. The van der Waals surface area contributed by atoms with Crippen LogP contribution in [-0.4, -0.2) is 9.97 Å². The Balaban J connectivity index is 1.61. The lowest BCUT2D eigenvalue weighted by atomic mass is 10.1. The molecule has 8 heteroatoms. The maximum Gasteiger partial charge on any atom is 0.416 e. The molecular weight excluding hydrogens is 371 g/mol. The van der Waals surface area contributed by atoms with Gasteiger partial charge in [0.05, 0.1) is 10.4 Å². The van der Waals surface area contributed by atoms with Crippen LogP contribution in [0.15, 0.2) is 48.8 Å². The molecule has 0 fully saturated rings. The van der Waals surface area contributed by atoms with Crippen molar-refractivity contribution in [3.05, 3.63) is 70.1 Å². The van der Waals surface area contributed by atoms with E-state index in [1.165, 1.54) is 17.4 Å². The molecular formula is C17H13ClF3N3S. The second kappa shape index (κ2) is 7.51. The van der Waals surface area contributed by atoms with Gasteiger partial charge in [-0.05, 0) is 23.8 Å². The summed E-state index contributed by atoms with van der Waals surface area (Å²) >= 11 is 7.53. The maximum atomic E-state index is 12.7. The summed E-state index contributed by atoms with van der Waals surface area (Å²) in [6.45, 7) is 0.783. The van der Waals surface area contributed by atoms with Crippen LogP contribution in [0.25, 0.3) is 10.4 Å². The summed E-state index contributed by atoms with van der Waals surface area (Å²) in [6, 6.07) is 8.94. The molecule has 0 radical (unpaired) electrons. The highest BCUT2D eigenvalue weighted by Gasteiger charge is 2.30. The van der Waals surface area contributed by atoms with Gasteiger partial charge in [-0.25, -0.2) is 9.97 Å². The van der Waals surface area contributed by atoms with Crippen LogP contribution in [0.3, 0.4) is 0 Å². The van der Waals surface area contributed by atoms with Crippen LogP contribution in [0.5, 0.6) is 0 Å². The number of alkyl halides is 3. The van der Waals surface area contributed by atoms with Crippen molar-refractivity contribution in [2.75, 3.05) is 0 Å². The Morgan fingerprint density at radius 3 is 2.68 bits per heavy atom. The zero-order chi connectivity index (χ0) is 17.9. The van der Waals surface area contributed by atoms with Crippen LogP contribution in [0.2, 0.25) is 5.15 Å². The summed E-state index contributed by atoms with van der Waals surface area (Å²) in [4.78, 5) is 9.24.